The van der Waals surface area contributed by atoms with Gasteiger partial charge in [0, 0.05) is 47.2 Å². The lowest BCUT2D eigenvalue weighted by atomic mass is 9.95. The number of nitrogens with one attached hydrogen (secondary N) is 1. The molecule has 3 aliphatic rings. The second-order valence-electron chi connectivity index (χ2n) is 17.2. The molecule has 318 valence electrons. The van der Waals surface area contributed by atoms with Gasteiger partial charge in [-0.25, -0.2) is 4.98 Å². The van der Waals surface area contributed by atoms with E-state index in [-0.39, 0.29) is 35.1 Å². The number of Topliss-reactive ketones (excluding diaryl/α,β-unsaturated/α-hetero) is 4. The normalized spacial score (nSPS) is 21.2. The van der Waals surface area contributed by atoms with E-state index in [9.17, 15) is 24.0 Å². The number of hydrogen-bond donors (Lipinski definition) is 2. The first-order valence-corrected chi connectivity index (χ1v) is 22.5. The van der Waals surface area contributed by atoms with Crippen molar-refractivity contribution in [3.05, 3.63) is 118 Å². The van der Waals surface area contributed by atoms with E-state index in [1.807, 2.05) is 19.1 Å². The third-order valence-electron chi connectivity index (χ3n) is 12.6. The van der Waals surface area contributed by atoms with Crippen LogP contribution >= 0.6 is 15.9 Å². The Labute approximate surface area is 365 Å². The molecule has 0 aliphatic heterocycles. The van der Waals surface area contributed by atoms with Crippen LogP contribution in [0.15, 0.2) is 95.5 Å². The molecule has 0 bridgehead atoms. The highest BCUT2D eigenvalue weighted by Gasteiger charge is 2.31. The van der Waals surface area contributed by atoms with E-state index in [1.165, 1.54) is 28.7 Å². The Balaban J connectivity index is 0.000000222. The number of carbonyl (C=O) groups is 5. The molecule has 4 aromatic rings. The number of nitrogens with two attached hydrogens (primary N) is 1. The fourth-order valence-corrected chi connectivity index (χ4v) is 9.06. The smallest absolute Gasteiger partial charge is 0.223 e. The van der Waals surface area contributed by atoms with Crippen LogP contribution in [-0.4, -0.2) is 40.1 Å². The molecule has 6 atom stereocenters. The molecule has 3 aliphatic carbocycles. The summed E-state index contributed by atoms with van der Waals surface area (Å²) in [6.45, 7) is 6.97. The van der Waals surface area contributed by atoms with Crippen LogP contribution in [-0.2, 0) is 43.2 Å². The number of nitrogens with zero attached hydrogens (tertiary/aromatic N) is 1. The molecule has 3 fully saturated rings. The van der Waals surface area contributed by atoms with Crippen molar-refractivity contribution < 1.29 is 24.0 Å². The number of pyridine rings is 1. The molecule has 3 N–H and O–H groups in total. The molecule has 3 saturated carbocycles. The van der Waals surface area contributed by atoms with Crippen LogP contribution in [0.4, 0.5) is 5.82 Å². The SMILES string of the molecule is CC(=O)[C@@H]1CC[C@@H](Cc2ccc(Br)cc2)C1.CC(=O)[C@H]1CCC(=O)C1.Cc1nc(N)ccc1CCC(=O)[C@H](C)NC(=O)[C@@H]1CC[C@@H](Cc2ccc(-c3ccccc3)cc2)C1. The molecule has 8 nitrogen and oxygen atoms in total. The summed E-state index contributed by atoms with van der Waals surface area (Å²) >= 11 is 3.44. The fraction of sp³-hybridized carbons (Fsp3) is 0.451. The van der Waals surface area contributed by atoms with E-state index in [2.05, 4.69) is 99.0 Å². The Hall–Kier alpha value is -4.76. The van der Waals surface area contributed by atoms with Gasteiger partial charge in [-0.3, -0.25) is 24.0 Å². The summed E-state index contributed by atoms with van der Waals surface area (Å²) in [7, 11) is 0. The van der Waals surface area contributed by atoms with Crippen LogP contribution in [0.2, 0.25) is 0 Å². The van der Waals surface area contributed by atoms with Crippen molar-refractivity contribution in [3.8, 4) is 11.1 Å². The molecule has 3 aromatic carbocycles. The third-order valence-corrected chi connectivity index (χ3v) is 13.1. The molecule has 60 heavy (non-hydrogen) atoms. The quantitative estimate of drug-likeness (QED) is 0.136. The van der Waals surface area contributed by atoms with E-state index in [0.717, 1.165) is 67.1 Å². The maximum atomic E-state index is 12.8. The predicted molar refractivity (Wildman–Crippen MR) is 243 cm³/mol. The van der Waals surface area contributed by atoms with Gasteiger partial charge in [0.15, 0.2) is 5.78 Å². The van der Waals surface area contributed by atoms with Crippen LogP contribution in [0.5, 0.6) is 0 Å². The average Bonchev–Trinajstić information content (AvgIpc) is 4.02. The van der Waals surface area contributed by atoms with Gasteiger partial charge < -0.3 is 11.1 Å². The van der Waals surface area contributed by atoms with Crippen molar-refractivity contribution in [3.63, 3.8) is 0 Å². The van der Waals surface area contributed by atoms with Crippen LogP contribution < -0.4 is 11.1 Å². The molecule has 7 rings (SSSR count). The Morgan fingerprint density at radius 2 is 1.30 bits per heavy atom. The van der Waals surface area contributed by atoms with Crippen molar-refractivity contribution in [1.82, 2.24) is 10.3 Å². The standard InChI is InChI=1S/C30H35N3O2.C14H17BrO.C7H10O2/c1-20-24(15-17-29(31)32-20)14-16-28(34)21(2)33-30(35)27-13-10-23(19-27)18-22-8-11-26(12-9-22)25-6-4-3-5-7-25;1-10(16)13-5-2-12(9-13)8-11-3-6-14(15)7-4-11;1-5(8)6-2-3-7(9)4-6/h3-9,11-12,15,17,21,23,27H,10,13-14,16,18-19H2,1-2H3,(H2,31,32)(H,33,35);3-4,6-7,12-13H,2,5,8-9H2,1H3;6H,2-4H2,1H3/t21-,23-,27+;12-,13+;6-/m000/s1. The number of benzene rings is 3. The maximum absolute atomic E-state index is 12.8. The summed E-state index contributed by atoms with van der Waals surface area (Å²) in [5.74, 6) is 2.91. The van der Waals surface area contributed by atoms with E-state index in [4.69, 9.17) is 5.73 Å². The Kier molecular flexibility index (Phi) is 17.5. The lowest BCUT2D eigenvalue weighted by molar-refractivity contribution is -0.129. The molecule has 0 saturated heterocycles. The highest BCUT2D eigenvalue weighted by atomic mass is 79.9. The van der Waals surface area contributed by atoms with Gasteiger partial charge in [-0.05, 0) is 150 Å². The van der Waals surface area contributed by atoms with Crippen molar-refractivity contribution in [2.24, 2.45) is 29.6 Å². The van der Waals surface area contributed by atoms with E-state index in [1.54, 1.807) is 26.8 Å². The molecule has 1 heterocycles. The van der Waals surface area contributed by atoms with Crippen LogP contribution in [0.3, 0.4) is 0 Å². The number of anilines is 1. The number of aromatic nitrogens is 1. The number of carbonyl (C=O) groups excluding carboxylic acids is 5. The molecule has 1 amide bonds. The maximum Gasteiger partial charge on any atom is 0.223 e. The van der Waals surface area contributed by atoms with E-state index >= 15 is 0 Å². The van der Waals surface area contributed by atoms with Gasteiger partial charge in [0.25, 0.3) is 0 Å². The molecule has 9 heteroatoms. The molecular formula is C51H62BrN3O5. The first-order chi connectivity index (χ1) is 28.7. The Morgan fingerprint density at radius 3 is 1.83 bits per heavy atom. The zero-order valence-corrected chi connectivity index (χ0v) is 37.3. The van der Waals surface area contributed by atoms with E-state index in [0.29, 0.717) is 55.0 Å². The molecule has 0 unspecified atom stereocenters. The first-order valence-electron chi connectivity index (χ1n) is 21.7. The number of hydrogen-bond acceptors (Lipinski definition) is 7. The predicted octanol–water partition coefficient (Wildman–Crippen LogP) is 10.2. The molecule has 1 aromatic heterocycles. The monoisotopic (exact) mass is 875 g/mol. The molecule has 0 spiro atoms. The second-order valence-corrected chi connectivity index (χ2v) is 18.1. The van der Waals surface area contributed by atoms with Crippen molar-refractivity contribution in [2.45, 2.75) is 117 Å². The lowest BCUT2D eigenvalue weighted by Crippen LogP contribution is -2.41. The zero-order valence-electron chi connectivity index (χ0n) is 35.8. The summed E-state index contributed by atoms with van der Waals surface area (Å²) in [4.78, 5) is 62.2. The van der Waals surface area contributed by atoms with E-state index < -0.39 is 6.04 Å². The number of rotatable bonds is 13. The van der Waals surface area contributed by atoms with Gasteiger partial charge in [0.2, 0.25) is 5.91 Å². The number of halogens is 1. The topological polar surface area (TPSA) is 136 Å². The molecule has 0 radical (unpaired) electrons. The number of amides is 1. The number of nitrogen functional groups attached to an aromatic ring is 1. The highest BCUT2D eigenvalue weighted by Crippen LogP contribution is 2.35. The van der Waals surface area contributed by atoms with Crippen LogP contribution in [0, 0.1) is 36.5 Å². The highest BCUT2D eigenvalue weighted by molar-refractivity contribution is 9.10. The number of ketones is 4. The van der Waals surface area contributed by atoms with Crippen molar-refractivity contribution in [2.75, 3.05) is 5.73 Å². The average molecular weight is 877 g/mol. The Bertz CT molecular complexity index is 2070. The van der Waals surface area contributed by atoms with Crippen LogP contribution in [0.25, 0.3) is 11.1 Å². The second kappa shape index (κ2) is 22.7. The summed E-state index contributed by atoms with van der Waals surface area (Å²) in [5, 5.41) is 2.97. The van der Waals surface area contributed by atoms with Gasteiger partial charge in [-0.15, -0.1) is 0 Å². The Morgan fingerprint density at radius 1 is 0.733 bits per heavy atom. The fourth-order valence-electron chi connectivity index (χ4n) is 8.80. The molecular weight excluding hydrogens is 814 g/mol. The van der Waals surface area contributed by atoms with Gasteiger partial charge >= 0.3 is 0 Å². The van der Waals surface area contributed by atoms with Gasteiger partial charge in [0.05, 0.1) is 6.04 Å². The first kappa shape index (κ1) is 46.3. The van der Waals surface area contributed by atoms with Gasteiger partial charge in [-0.1, -0.05) is 88.7 Å². The minimum absolute atomic E-state index is 0.0117. The summed E-state index contributed by atoms with van der Waals surface area (Å²) in [6, 6.07) is 30.9. The van der Waals surface area contributed by atoms with Crippen molar-refractivity contribution >= 4 is 50.8 Å². The zero-order chi connectivity index (χ0) is 43.2. The number of aryl methyl sites for hydroxylation is 2. The van der Waals surface area contributed by atoms with Gasteiger partial charge in [-0.2, -0.15) is 0 Å². The summed E-state index contributed by atoms with van der Waals surface area (Å²) in [6.07, 6.45) is 11.2. The van der Waals surface area contributed by atoms with Crippen LogP contribution in [0.1, 0.15) is 107 Å². The largest absolute Gasteiger partial charge is 0.384 e. The van der Waals surface area contributed by atoms with Crippen molar-refractivity contribution in [1.29, 1.82) is 0 Å². The minimum Gasteiger partial charge on any atom is -0.384 e. The minimum atomic E-state index is -0.478. The summed E-state index contributed by atoms with van der Waals surface area (Å²) in [5.41, 5.74) is 12.7. The third kappa shape index (κ3) is 14.5. The lowest BCUT2D eigenvalue weighted by Gasteiger charge is -2.17. The van der Waals surface area contributed by atoms with Gasteiger partial charge in [0.1, 0.15) is 23.2 Å². The summed E-state index contributed by atoms with van der Waals surface area (Å²) < 4.78 is 1.13.